The smallest absolute Gasteiger partial charge is 0.216 e. The first-order chi connectivity index (χ1) is 10.1. The van der Waals surface area contributed by atoms with E-state index in [1.165, 1.54) is 19.1 Å². The molecule has 0 atom stereocenters. The minimum absolute atomic E-state index is 0.0594. The molecule has 0 aliphatic heterocycles. The molecular formula is C17H18FNO2. The Morgan fingerprint density at radius 1 is 1.24 bits per heavy atom. The second-order valence-corrected chi connectivity index (χ2v) is 4.77. The molecule has 21 heavy (non-hydrogen) atoms. The van der Waals surface area contributed by atoms with Crippen LogP contribution in [0.5, 0.6) is 5.75 Å². The second kappa shape index (κ2) is 6.88. The van der Waals surface area contributed by atoms with Crippen molar-refractivity contribution in [1.29, 1.82) is 0 Å². The third-order valence-corrected chi connectivity index (χ3v) is 3.22. The van der Waals surface area contributed by atoms with Gasteiger partial charge >= 0.3 is 0 Å². The Balaban J connectivity index is 2.33. The van der Waals surface area contributed by atoms with E-state index in [1.807, 2.05) is 24.3 Å². The number of methoxy groups -OCH3 is 1. The van der Waals surface area contributed by atoms with Crippen LogP contribution in [0.2, 0.25) is 0 Å². The van der Waals surface area contributed by atoms with Crippen LogP contribution in [0.3, 0.4) is 0 Å². The summed E-state index contributed by atoms with van der Waals surface area (Å²) in [4.78, 5) is 11.0. The van der Waals surface area contributed by atoms with Gasteiger partial charge in [0.1, 0.15) is 11.6 Å². The van der Waals surface area contributed by atoms with Crippen LogP contribution in [-0.2, 0) is 11.2 Å². The Morgan fingerprint density at radius 3 is 2.71 bits per heavy atom. The second-order valence-electron chi connectivity index (χ2n) is 4.77. The van der Waals surface area contributed by atoms with E-state index in [-0.39, 0.29) is 11.7 Å². The highest BCUT2D eigenvalue weighted by Gasteiger charge is 2.08. The predicted molar refractivity (Wildman–Crippen MR) is 80.8 cm³/mol. The first-order valence-electron chi connectivity index (χ1n) is 6.77. The molecular weight excluding hydrogens is 269 g/mol. The van der Waals surface area contributed by atoms with E-state index in [0.717, 1.165) is 22.4 Å². The molecule has 0 radical (unpaired) electrons. The van der Waals surface area contributed by atoms with Gasteiger partial charge in [-0.2, -0.15) is 0 Å². The maximum atomic E-state index is 13.4. The topological polar surface area (TPSA) is 38.3 Å². The molecule has 1 amide bonds. The molecule has 0 aromatic heterocycles. The highest BCUT2D eigenvalue weighted by Crippen LogP contribution is 2.28. The lowest BCUT2D eigenvalue weighted by Gasteiger charge is -2.12. The third-order valence-electron chi connectivity index (χ3n) is 3.22. The number of nitrogens with one attached hydrogen (secondary N) is 1. The summed E-state index contributed by atoms with van der Waals surface area (Å²) in [7, 11) is 1.60. The highest BCUT2D eigenvalue weighted by molar-refractivity contribution is 5.73. The maximum Gasteiger partial charge on any atom is 0.216 e. The van der Waals surface area contributed by atoms with Crippen LogP contribution in [0.1, 0.15) is 12.5 Å². The minimum Gasteiger partial charge on any atom is -0.497 e. The highest BCUT2D eigenvalue weighted by atomic mass is 19.1. The van der Waals surface area contributed by atoms with Crippen molar-refractivity contribution in [1.82, 2.24) is 5.32 Å². The van der Waals surface area contributed by atoms with Gasteiger partial charge < -0.3 is 10.1 Å². The van der Waals surface area contributed by atoms with Gasteiger partial charge in [-0.3, -0.25) is 4.79 Å². The lowest BCUT2D eigenvalue weighted by atomic mass is 9.97. The Kier molecular flexibility index (Phi) is 4.93. The monoisotopic (exact) mass is 287 g/mol. The normalized spacial score (nSPS) is 10.2. The van der Waals surface area contributed by atoms with E-state index >= 15 is 0 Å². The summed E-state index contributed by atoms with van der Waals surface area (Å²) in [5.41, 5.74) is 2.75. The number of ether oxygens (including phenoxy) is 1. The summed E-state index contributed by atoms with van der Waals surface area (Å²) >= 11 is 0. The van der Waals surface area contributed by atoms with Crippen molar-refractivity contribution in [3.8, 4) is 16.9 Å². The minimum atomic E-state index is -0.275. The van der Waals surface area contributed by atoms with E-state index < -0.39 is 0 Å². The molecule has 1 N–H and O–H groups in total. The largest absolute Gasteiger partial charge is 0.497 e. The lowest BCUT2D eigenvalue weighted by Crippen LogP contribution is -2.22. The van der Waals surface area contributed by atoms with Gasteiger partial charge in [0.25, 0.3) is 0 Å². The third kappa shape index (κ3) is 4.05. The summed E-state index contributed by atoms with van der Waals surface area (Å²) in [5.74, 6) is 0.386. The van der Waals surface area contributed by atoms with Crippen molar-refractivity contribution in [2.24, 2.45) is 0 Å². The molecule has 0 spiro atoms. The van der Waals surface area contributed by atoms with Crippen molar-refractivity contribution in [2.45, 2.75) is 13.3 Å². The van der Waals surface area contributed by atoms with E-state index in [2.05, 4.69) is 5.32 Å². The van der Waals surface area contributed by atoms with Crippen molar-refractivity contribution in [3.63, 3.8) is 0 Å². The van der Waals surface area contributed by atoms with Crippen LogP contribution < -0.4 is 10.1 Å². The van der Waals surface area contributed by atoms with Crippen molar-refractivity contribution >= 4 is 5.91 Å². The van der Waals surface area contributed by atoms with Gasteiger partial charge in [-0.25, -0.2) is 4.39 Å². The number of rotatable bonds is 5. The molecule has 0 heterocycles. The number of benzene rings is 2. The van der Waals surface area contributed by atoms with Crippen molar-refractivity contribution in [2.75, 3.05) is 13.7 Å². The quantitative estimate of drug-likeness (QED) is 0.917. The van der Waals surface area contributed by atoms with E-state index in [1.54, 1.807) is 13.2 Å². The van der Waals surface area contributed by atoms with Crippen LogP contribution >= 0.6 is 0 Å². The average Bonchev–Trinajstić information content (AvgIpc) is 2.47. The number of hydrogen-bond acceptors (Lipinski definition) is 2. The first-order valence-corrected chi connectivity index (χ1v) is 6.77. The Labute approximate surface area is 123 Å². The fourth-order valence-corrected chi connectivity index (χ4v) is 2.20. The zero-order valence-corrected chi connectivity index (χ0v) is 12.2. The maximum absolute atomic E-state index is 13.4. The van der Waals surface area contributed by atoms with Crippen molar-refractivity contribution in [3.05, 3.63) is 53.8 Å². The van der Waals surface area contributed by atoms with E-state index in [4.69, 9.17) is 4.74 Å². The summed E-state index contributed by atoms with van der Waals surface area (Å²) in [6, 6.07) is 12.2. The summed E-state index contributed by atoms with van der Waals surface area (Å²) in [6.45, 7) is 2.03. The van der Waals surface area contributed by atoms with Gasteiger partial charge in [0.15, 0.2) is 0 Å². The van der Waals surface area contributed by atoms with Crippen molar-refractivity contribution < 1.29 is 13.9 Å². The lowest BCUT2D eigenvalue weighted by molar-refractivity contribution is -0.118. The summed E-state index contributed by atoms with van der Waals surface area (Å²) in [5, 5.41) is 2.77. The zero-order chi connectivity index (χ0) is 15.2. The number of amides is 1. The van der Waals surface area contributed by atoms with Crippen LogP contribution in [0.4, 0.5) is 4.39 Å². The zero-order valence-electron chi connectivity index (χ0n) is 12.2. The molecule has 4 heteroatoms. The number of carbonyl (C=O) groups excluding carboxylic acids is 1. The molecule has 0 saturated carbocycles. The van der Waals surface area contributed by atoms with Gasteiger partial charge in [0.05, 0.1) is 7.11 Å². The summed E-state index contributed by atoms with van der Waals surface area (Å²) in [6.07, 6.45) is 0.676. The molecule has 2 rings (SSSR count). The van der Waals surface area contributed by atoms with Crippen LogP contribution in [-0.4, -0.2) is 19.6 Å². The van der Waals surface area contributed by atoms with Crippen LogP contribution in [0, 0.1) is 5.82 Å². The molecule has 0 fully saturated rings. The molecule has 0 bridgehead atoms. The molecule has 110 valence electrons. The molecule has 0 saturated heterocycles. The molecule has 3 nitrogen and oxygen atoms in total. The Morgan fingerprint density at radius 2 is 2.05 bits per heavy atom. The predicted octanol–water partition coefficient (Wildman–Crippen LogP) is 3.18. The van der Waals surface area contributed by atoms with Gasteiger partial charge in [-0.05, 0) is 47.4 Å². The SMILES string of the molecule is COc1ccc(CCNC(C)=O)c(-c2cccc(F)c2)c1. The summed E-state index contributed by atoms with van der Waals surface area (Å²) < 4.78 is 18.7. The van der Waals surface area contributed by atoms with Gasteiger partial charge in [0.2, 0.25) is 5.91 Å². The van der Waals surface area contributed by atoms with Gasteiger partial charge in [-0.1, -0.05) is 18.2 Å². The molecule has 0 aliphatic carbocycles. The van der Waals surface area contributed by atoms with Gasteiger partial charge in [-0.15, -0.1) is 0 Å². The molecule has 2 aromatic carbocycles. The molecule has 0 aliphatic rings. The Hall–Kier alpha value is -2.36. The first kappa shape index (κ1) is 15.0. The van der Waals surface area contributed by atoms with Crippen LogP contribution in [0.25, 0.3) is 11.1 Å². The number of hydrogen-bond donors (Lipinski definition) is 1. The number of carbonyl (C=O) groups is 1. The average molecular weight is 287 g/mol. The van der Waals surface area contributed by atoms with Gasteiger partial charge in [0, 0.05) is 13.5 Å². The molecule has 0 unspecified atom stereocenters. The number of halogens is 1. The van der Waals surface area contributed by atoms with E-state index in [0.29, 0.717) is 13.0 Å². The van der Waals surface area contributed by atoms with Crippen LogP contribution in [0.15, 0.2) is 42.5 Å². The fourth-order valence-electron chi connectivity index (χ4n) is 2.20. The standard InChI is InChI=1S/C17H18FNO2/c1-12(20)19-9-8-13-6-7-16(21-2)11-17(13)14-4-3-5-15(18)10-14/h3-7,10-11H,8-9H2,1-2H3,(H,19,20). The fraction of sp³-hybridized carbons (Fsp3) is 0.235. The molecule has 2 aromatic rings. The van der Waals surface area contributed by atoms with E-state index in [9.17, 15) is 9.18 Å². The Bertz CT molecular complexity index is 640.